The number of ether oxygens (including phenoxy) is 3. The number of rotatable bonds is 11. The van der Waals surface area contributed by atoms with Crippen molar-refractivity contribution in [2.45, 2.75) is 39.8 Å². The lowest BCUT2D eigenvalue weighted by Crippen LogP contribution is -2.44. The quantitative estimate of drug-likeness (QED) is 0.0935. The van der Waals surface area contributed by atoms with E-state index in [-0.39, 0.29) is 5.91 Å². The SMILES string of the molecule is CCNc1cc2c(cc1C)C1(c3cc(C)c(NCC)cc3O2)c2ccccc2C(=O)N1/N=C/C=Nc1ccc(OCc2cc(OC)ccc2N)cc1. The maximum atomic E-state index is 14.4. The van der Waals surface area contributed by atoms with Crippen molar-refractivity contribution in [2.75, 3.05) is 36.6 Å². The van der Waals surface area contributed by atoms with Gasteiger partial charge >= 0.3 is 0 Å². The Hall–Kier alpha value is -6.29. The second-order valence-electron chi connectivity index (χ2n) is 12.8. The Morgan fingerprint density at radius 1 is 0.808 bits per heavy atom. The summed E-state index contributed by atoms with van der Waals surface area (Å²) in [5, 5.41) is 13.4. The van der Waals surface area contributed by atoms with E-state index < -0.39 is 5.54 Å². The van der Waals surface area contributed by atoms with Crippen LogP contribution in [0.4, 0.5) is 22.7 Å². The summed E-state index contributed by atoms with van der Waals surface area (Å²) in [6.07, 6.45) is 3.16. The first-order valence-corrected chi connectivity index (χ1v) is 17.4. The van der Waals surface area contributed by atoms with Crippen LogP contribution in [-0.4, -0.2) is 43.5 Å². The van der Waals surface area contributed by atoms with Gasteiger partial charge < -0.3 is 30.6 Å². The van der Waals surface area contributed by atoms with Gasteiger partial charge in [0, 0.05) is 76.3 Å². The van der Waals surface area contributed by atoms with Gasteiger partial charge in [-0.05, 0) is 99.5 Å². The average Bonchev–Trinajstić information content (AvgIpc) is 3.39. The number of hydrazone groups is 1. The van der Waals surface area contributed by atoms with Crippen molar-refractivity contribution in [3.63, 3.8) is 0 Å². The van der Waals surface area contributed by atoms with E-state index in [0.29, 0.717) is 40.8 Å². The molecule has 0 bridgehead atoms. The standard InChI is InChI=1S/C42H42N6O4/c1-6-44-37-23-39-34(20-26(37)3)42(35-21-27(4)38(45-7-2)24-40(35)52-39)33-11-9-8-10-32(33)41(49)48(42)47-19-18-46-29-12-14-30(15-13-29)51-25-28-22-31(50-5)16-17-36(28)43/h8-24,44-45H,6-7,25,43H2,1-5H3/b46-18?,47-19+. The number of hydrogen-bond donors (Lipinski definition) is 3. The third-order valence-corrected chi connectivity index (χ3v) is 9.50. The molecule has 52 heavy (non-hydrogen) atoms. The molecule has 2 aliphatic rings. The molecule has 2 heterocycles. The molecule has 0 saturated heterocycles. The summed E-state index contributed by atoms with van der Waals surface area (Å²) in [7, 11) is 1.62. The van der Waals surface area contributed by atoms with E-state index >= 15 is 0 Å². The second kappa shape index (κ2) is 14.1. The summed E-state index contributed by atoms with van der Waals surface area (Å²) in [5.41, 5.74) is 14.3. The molecule has 10 nitrogen and oxygen atoms in total. The number of aryl methyl sites for hydroxylation is 2. The van der Waals surface area contributed by atoms with Crippen LogP contribution in [0.2, 0.25) is 0 Å². The van der Waals surface area contributed by atoms with Crippen LogP contribution in [-0.2, 0) is 12.1 Å². The predicted molar refractivity (Wildman–Crippen MR) is 208 cm³/mol. The summed E-state index contributed by atoms with van der Waals surface area (Å²) in [6.45, 7) is 10.1. The van der Waals surface area contributed by atoms with Gasteiger partial charge in [0.05, 0.1) is 19.0 Å². The van der Waals surface area contributed by atoms with Crippen molar-refractivity contribution in [3.05, 3.63) is 130 Å². The van der Waals surface area contributed by atoms with Crippen LogP contribution in [0.5, 0.6) is 23.0 Å². The molecular formula is C42H42N6O4. The fraction of sp³-hybridized carbons (Fsp3) is 0.214. The summed E-state index contributed by atoms with van der Waals surface area (Å²) in [6, 6.07) is 28.9. The topological polar surface area (TPSA) is 123 Å². The molecule has 4 N–H and O–H groups in total. The van der Waals surface area contributed by atoms with Crippen molar-refractivity contribution in [1.29, 1.82) is 0 Å². The minimum Gasteiger partial charge on any atom is -0.497 e. The van der Waals surface area contributed by atoms with E-state index in [1.54, 1.807) is 30.6 Å². The van der Waals surface area contributed by atoms with Gasteiger partial charge in [-0.25, -0.2) is 5.01 Å². The third kappa shape index (κ3) is 5.96. The number of carbonyl (C=O) groups excluding carboxylic acids is 1. The Bertz CT molecular complexity index is 2150. The zero-order valence-corrected chi connectivity index (χ0v) is 30.0. The maximum absolute atomic E-state index is 14.4. The number of methoxy groups -OCH3 is 1. The number of hydrogen-bond acceptors (Lipinski definition) is 9. The zero-order chi connectivity index (χ0) is 36.4. The van der Waals surface area contributed by atoms with Crippen molar-refractivity contribution in [3.8, 4) is 23.0 Å². The van der Waals surface area contributed by atoms with E-state index in [1.165, 1.54) is 0 Å². The number of benzene rings is 5. The van der Waals surface area contributed by atoms with Crippen LogP contribution in [0.1, 0.15) is 57.6 Å². The van der Waals surface area contributed by atoms with E-state index in [0.717, 1.165) is 63.6 Å². The molecule has 1 amide bonds. The summed E-state index contributed by atoms with van der Waals surface area (Å²) in [5.74, 6) is 2.51. The number of nitrogens with one attached hydrogen (secondary N) is 2. The molecule has 0 fully saturated rings. The fourth-order valence-electron chi connectivity index (χ4n) is 7.00. The lowest BCUT2D eigenvalue weighted by molar-refractivity contribution is 0.0675. The van der Waals surface area contributed by atoms with Crippen molar-refractivity contribution >= 4 is 41.1 Å². The van der Waals surface area contributed by atoms with E-state index in [4.69, 9.17) is 25.0 Å². The number of nitrogens with zero attached hydrogens (tertiary/aromatic N) is 3. The smallest absolute Gasteiger partial charge is 0.275 e. The first-order chi connectivity index (χ1) is 25.3. The molecule has 7 rings (SSSR count). The Morgan fingerprint density at radius 3 is 2.08 bits per heavy atom. The Kier molecular flexibility index (Phi) is 9.30. The second-order valence-corrected chi connectivity index (χ2v) is 12.8. The van der Waals surface area contributed by atoms with E-state index in [2.05, 4.69) is 55.5 Å². The molecule has 10 heteroatoms. The predicted octanol–water partition coefficient (Wildman–Crippen LogP) is 8.58. The number of carbonyl (C=O) groups is 1. The molecule has 2 aliphatic heterocycles. The molecule has 0 radical (unpaired) electrons. The van der Waals surface area contributed by atoms with Gasteiger partial charge in [0.1, 0.15) is 35.1 Å². The third-order valence-electron chi connectivity index (χ3n) is 9.50. The summed E-state index contributed by atoms with van der Waals surface area (Å²) >= 11 is 0. The van der Waals surface area contributed by atoms with Crippen LogP contribution in [0.3, 0.4) is 0 Å². The fourth-order valence-corrected chi connectivity index (χ4v) is 7.00. The molecule has 264 valence electrons. The highest BCUT2D eigenvalue weighted by molar-refractivity contribution is 6.17. The Morgan fingerprint density at radius 2 is 1.44 bits per heavy atom. The summed E-state index contributed by atoms with van der Waals surface area (Å²) in [4.78, 5) is 19.0. The monoisotopic (exact) mass is 694 g/mol. The van der Waals surface area contributed by atoms with Gasteiger partial charge in [-0.1, -0.05) is 18.2 Å². The lowest BCUT2D eigenvalue weighted by atomic mass is 9.74. The Balaban J connectivity index is 1.24. The molecular weight excluding hydrogens is 652 g/mol. The van der Waals surface area contributed by atoms with Gasteiger partial charge in [0.25, 0.3) is 5.91 Å². The number of nitrogens with two attached hydrogens (primary N) is 1. The molecule has 0 aliphatic carbocycles. The summed E-state index contributed by atoms with van der Waals surface area (Å²) < 4.78 is 18.0. The molecule has 0 atom stereocenters. The highest BCUT2D eigenvalue weighted by Crippen LogP contribution is 2.59. The molecule has 0 aromatic heterocycles. The maximum Gasteiger partial charge on any atom is 0.275 e. The van der Waals surface area contributed by atoms with Crippen molar-refractivity contribution < 1.29 is 19.0 Å². The van der Waals surface area contributed by atoms with Crippen molar-refractivity contribution in [2.24, 2.45) is 10.1 Å². The van der Waals surface area contributed by atoms with Gasteiger partial charge in [-0.15, -0.1) is 0 Å². The number of anilines is 3. The minimum absolute atomic E-state index is 0.209. The van der Waals surface area contributed by atoms with E-state index in [1.807, 2.05) is 72.8 Å². The zero-order valence-electron chi connectivity index (χ0n) is 30.0. The van der Waals surface area contributed by atoms with Crippen LogP contribution < -0.4 is 30.6 Å². The number of nitrogen functional groups attached to an aromatic ring is 1. The van der Waals surface area contributed by atoms with Gasteiger partial charge in [-0.3, -0.25) is 9.79 Å². The van der Waals surface area contributed by atoms with Gasteiger partial charge in [-0.2, -0.15) is 5.10 Å². The Labute approximate surface area is 303 Å². The molecule has 0 saturated carbocycles. The number of aliphatic imine (C=N–C) groups is 1. The lowest BCUT2D eigenvalue weighted by Gasteiger charge is -2.42. The van der Waals surface area contributed by atoms with Crippen LogP contribution in [0, 0.1) is 13.8 Å². The normalized spacial score (nSPS) is 13.9. The van der Waals surface area contributed by atoms with Crippen LogP contribution in [0.25, 0.3) is 0 Å². The van der Waals surface area contributed by atoms with E-state index in [9.17, 15) is 4.79 Å². The molecule has 1 spiro atoms. The van der Waals surface area contributed by atoms with Crippen LogP contribution in [0.15, 0.2) is 101 Å². The van der Waals surface area contributed by atoms with Gasteiger partial charge in [0.2, 0.25) is 0 Å². The number of fused-ring (bicyclic) bond motifs is 6. The van der Waals surface area contributed by atoms with Crippen LogP contribution >= 0.6 is 0 Å². The van der Waals surface area contributed by atoms with Crippen molar-refractivity contribution in [1.82, 2.24) is 5.01 Å². The minimum atomic E-state index is -1.09. The van der Waals surface area contributed by atoms with Gasteiger partial charge in [0.15, 0.2) is 0 Å². The first-order valence-electron chi connectivity index (χ1n) is 17.4. The largest absolute Gasteiger partial charge is 0.497 e. The number of amides is 1. The molecule has 0 unspecified atom stereocenters. The highest BCUT2D eigenvalue weighted by Gasteiger charge is 2.57. The molecule has 5 aromatic carbocycles. The highest BCUT2D eigenvalue weighted by atomic mass is 16.5. The molecule has 5 aromatic rings. The average molecular weight is 695 g/mol. The first kappa shape index (κ1) is 34.2.